The lowest BCUT2D eigenvalue weighted by Gasteiger charge is -2.09. The van der Waals surface area contributed by atoms with Crippen molar-refractivity contribution in [3.05, 3.63) is 66.1 Å². The zero-order chi connectivity index (χ0) is 18.4. The van der Waals surface area contributed by atoms with Crippen molar-refractivity contribution in [1.29, 1.82) is 0 Å². The van der Waals surface area contributed by atoms with Crippen LogP contribution in [0.4, 0.5) is 5.69 Å². The van der Waals surface area contributed by atoms with Gasteiger partial charge in [-0.2, -0.15) is 0 Å². The Labute approximate surface area is 151 Å². The van der Waals surface area contributed by atoms with E-state index in [0.29, 0.717) is 23.3 Å². The van der Waals surface area contributed by atoms with Gasteiger partial charge in [-0.1, -0.05) is 31.5 Å². The molecule has 1 aromatic carbocycles. The molecule has 2 aromatic heterocycles. The molecule has 0 fully saturated rings. The zero-order valence-electron chi connectivity index (χ0n) is 14.5. The van der Waals surface area contributed by atoms with Crippen LogP contribution in [0.2, 0.25) is 0 Å². The van der Waals surface area contributed by atoms with Crippen LogP contribution in [0.25, 0.3) is 10.9 Å². The van der Waals surface area contributed by atoms with E-state index in [9.17, 15) is 9.59 Å². The summed E-state index contributed by atoms with van der Waals surface area (Å²) in [5.41, 5.74) is 1.91. The minimum Gasteiger partial charge on any atom is -0.352 e. The van der Waals surface area contributed by atoms with Gasteiger partial charge in [-0.15, -0.1) is 0 Å². The highest BCUT2D eigenvalue weighted by Crippen LogP contribution is 2.21. The molecule has 6 heteroatoms. The Morgan fingerprint density at radius 2 is 1.85 bits per heavy atom. The third-order valence-electron chi connectivity index (χ3n) is 3.95. The molecule has 0 spiro atoms. The number of fused-ring (bicyclic) bond motifs is 1. The molecule has 0 radical (unpaired) electrons. The molecule has 3 rings (SSSR count). The molecule has 2 heterocycles. The quantitative estimate of drug-likeness (QED) is 0.669. The van der Waals surface area contributed by atoms with Gasteiger partial charge >= 0.3 is 0 Å². The minimum absolute atomic E-state index is 0.182. The number of nitrogens with zero attached hydrogens (tertiary/aromatic N) is 2. The van der Waals surface area contributed by atoms with Gasteiger partial charge in [-0.3, -0.25) is 19.6 Å². The van der Waals surface area contributed by atoms with Gasteiger partial charge < -0.3 is 10.6 Å². The third kappa shape index (κ3) is 4.03. The monoisotopic (exact) mass is 348 g/mol. The number of benzene rings is 1. The first-order chi connectivity index (χ1) is 12.7. The minimum atomic E-state index is -0.383. The summed E-state index contributed by atoms with van der Waals surface area (Å²) in [7, 11) is 0. The molecule has 0 aliphatic heterocycles. The van der Waals surface area contributed by atoms with E-state index in [0.717, 1.165) is 18.2 Å². The van der Waals surface area contributed by atoms with Crippen molar-refractivity contribution >= 4 is 28.4 Å². The van der Waals surface area contributed by atoms with Crippen LogP contribution < -0.4 is 10.6 Å². The highest BCUT2D eigenvalue weighted by molar-refractivity contribution is 6.08. The van der Waals surface area contributed by atoms with Crippen molar-refractivity contribution in [3.8, 4) is 0 Å². The topological polar surface area (TPSA) is 84.0 Å². The third-order valence-corrected chi connectivity index (χ3v) is 3.95. The van der Waals surface area contributed by atoms with E-state index in [1.807, 2.05) is 24.3 Å². The SMILES string of the molecule is CCCCNC(=O)c1ccnc(C(=O)Nc2cccc3cccnc23)c1. The van der Waals surface area contributed by atoms with Gasteiger partial charge in [0.05, 0.1) is 11.2 Å². The lowest BCUT2D eigenvalue weighted by atomic mass is 10.1. The van der Waals surface area contributed by atoms with E-state index in [4.69, 9.17) is 0 Å². The lowest BCUT2D eigenvalue weighted by Crippen LogP contribution is -2.25. The van der Waals surface area contributed by atoms with Crippen molar-refractivity contribution < 1.29 is 9.59 Å². The highest BCUT2D eigenvalue weighted by Gasteiger charge is 2.13. The van der Waals surface area contributed by atoms with E-state index in [-0.39, 0.29) is 17.5 Å². The first-order valence-corrected chi connectivity index (χ1v) is 8.58. The maximum Gasteiger partial charge on any atom is 0.274 e. The number of nitrogens with one attached hydrogen (secondary N) is 2. The summed E-state index contributed by atoms with van der Waals surface area (Å²) in [5.74, 6) is -0.590. The molecule has 0 aliphatic carbocycles. The Morgan fingerprint density at radius 1 is 1.00 bits per heavy atom. The van der Waals surface area contributed by atoms with Crippen LogP contribution in [0.5, 0.6) is 0 Å². The summed E-state index contributed by atoms with van der Waals surface area (Å²) >= 11 is 0. The first kappa shape index (κ1) is 17.5. The summed E-state index contributed by atoms with van der Waals surface area (Å²) in [5, 5.41) is 6.59. The van der Waals surface area contributed by atoms with Gasteiger partial charge in [0.1, 0.15) is 5.69 Å². The molecular weight excluding hydrogens is 328 g/mol. The summed E-state index contributed by atoms with van der Waals surface area (Å²) in [6.45, 7) is 2.67. The molecule has 0 unspecified atom stereocenters. The number of aromatic nitrogens is 2. The number of rotatable bonds is 6. The van der Waals surface area contributed by atoms with Crippen molar-refractivity contribution in [3.63, 3.8) is 0 Å². The largest absolute Gasteiger partial charge is 0.352 e. The van der Waals surface area contributed by atoms with Crippen molar-refractivity contribution in [2.75, 3.05) is 11.9 Å². The Kier molecular flexibility index (Phi) is 5.53. The second-order valence-corrected chi connectivity index (χ2v) is 5.87. The van der Waals surface area contributed by atoms with E-state index >= 15 is 0 Å². The highest BCUT2D eigenvalue weighted by atomic mass is 16.2. The molecule has 3 aromatic rings. The average Bonchev–Trinajstić information content (AvgIpc) is 2.68. The summed E-state index contributed by atoms with van der Waals surface area (Å²) in [4.78, 5) is 33.1. The number of hydrogen-bond acceptors (Lipinski definition) is 4. The number of para-hydroxylation sites is 1. The van der Waals surface area contributed by atoms with Crippen LogP contribution >= 0.6 is 0 Å². The van der Waals surface area contributed by atoms with Crippen LogP contribution in [0.15, 0.2) is 54.9 Å². The second-order valence-electron chi connectivity index (χ2n) is 5.87. The van der Waals surface area contributed by atoms with E-state index in [1.165, 1.54) is 12.3 Å². The van der Waals surface area contributed by atoms with Gasteiger partial charge in [0.2, 0.25) is 0 Å². The molecule has 0 aliphatic rings. The van der Waals surface area contributed by atoms with Crippen LogP contribution in [-0.4, -0.2) is 28.3 Å². The first-order valence-electron chi connectivity index (χ1n) is 8.58. The van der Waals surface area contributed by atoms with E-state index in [1.54, 1.807) is 18.3 Å². The fourth-order valence-corrected chi connectivity index (χ4v) is 2.57. The maximum atomic E-state index is 12.6. The Bertz CT molecular complexity index is 935. The molecule has 6 nitrogen and oxygen atoms in total. The van der Waals surface area contributed by atoms with Crippen LogP contribution in [0, 0.1) is 0 Å². The van der Waals surface area contributed by atoms with Gasteiger partial charge in [0.25, 0.3) is 11.8 Å². The van der Waals surface area contributed by atoms with Crippen LogP contribution in [0.3, 0.4) is 0 Å². The van der Waals surface area contributed by atoms with Crippen LogP contribution in [-0.2, 0) is 0 Å². The molecule has 0 saturated heterocycles. The molecule has 0 atom stereocenters. The van der Waals surface area contributed by atoms with Crippen molar-refractivity contribution in [1.82, 2.24) is 15.3 Å². The van der Waals surface area contributed by atoms with Gasteiger partial charge in [0.15, 0.2) is 0 Å². The number of hydrogen-bond donors (Lipinski definition) is 2. The molecule has 2 N–H and O–H groups in total. The standard InChI is InChI=1S/C20H20N4O2/c1-2-3-10-23-19(25)15-9-12-21-17(13-15)20(26)24-16-8-4-6-14-7-5-11-22-18(14)16/h4-9,11-13H,2-3,10H2,1H3,(H,23,25)(H,24,26). The maximum absolute atomic E-state index is 12.6. The Morgan fingerprint density at radius 3 is 2.69 bits per heavy atom. The molecule has 2 amide bonds. The van der Waals surface area contributed by atoms with E-state index < -0.39 is 0 Å². The number of amides is 2. The van der Waals surface area contributed by atoms with Gasteiger partial charge in [0, 0.05) is 29.9 Å². The molecule has 0 saturated carbocycles. The Balaban J connectivity index is 1.77. The smallest absolute Gasteiger partial charge is 0.274 e. The number of unbranched alkanes of at least 4 members (excludes halogenated alkanes) is 1. The van der Waals surface area contributed by atoms with E-state index in [2.05, 4.69) is 27.5 Å². The normalized spacial score (nSPS) is 10.5. The fraction of sp³-hybridized carbons (Fsp3) is 0.200. The molecule has 0 bridgehead atoms. The number of pyridine rings is 2. The lowest BCUT2D eigenvalue weighted by molar-refractivity contribution is 0.0953. The molecule has 132 valence electrons. The second kappa shape index (κ2) is 8.20. The van der Waals surface area contributed by atoms with Gasteiger partial charge in [-0.05, 0) is 30.7 Å². The average molecular weight is 348 g/mol. The summed E-state index contributed by atoms with van der Waals surface area (Å²) < 4.78 is 0. The number of carbonyl (C=O) groups is 2. The van der Waals surface area contributed by atoms with Gasteiger partial charge in [-0.25, -0.2) is 0 Å². The number of anilines is 1. The predicted octanol–water partition coefficient (Wildman–Crippen LogP) is 3.41. The fourth-order valence-electron chi connectivity index (χ4n) is 2.57. The molecular formula is C20H20N4O2. The zero-order valence-corrected chi connectivity index (χ0v) is 14.5. The Hall–Kier alpha value is -3.28. The summed E-state index contributed by atoms with van der Waals surface area (Å²) in [6, 6.07) is 12.4. The summed E-state index contributed by atoms with van der Waals surface area (Å²) in [6.07, 6.45) is 5.06. The molecule has 26 heavy (non-hydrogen) atoms. The predicted molar refractivity (Wildman–Crippen MR) is 101 cm³/mol. The number of carbonyl (C=O) groups excluding carboxylic acids is 2. The van der Waals surface area contributed by atoms with Crippen LogP contribution in [0.1, 0.15) is 40.6 Å². The van der Waals surface area contributed by atoms with Crippen molar-refractivity contribution in [2.45, 2.75) is 19.8 Å². The van der Waals surface area contributed by atoms with Crippen molar-refractivity contribution in [2.24, 2.45) is 0 Å².